The number of sulfonamides is 1. The molecule has 2 saturated heterocycles. The molecule has 10 heteroatoms. The average molecular weight is 497 g/mol. The summed E-state index contributed by atoms with van der Waals surface area (Å²) in [7, 11) is -3.53. The number of rotatable bonds is 5. The number of anilines is 2. The number of fused-ring (bicyclic) bond motifs is 1. The molecule has 2 fully saturated rings. The van der Waals surface area contributed by atoms with Gasteiger partial charge in [-0.15, -0.1) is 0 Å². The van der Waals surface area contributed by atoms with Crippen molar-refractivity contribution >= 4 is 33.1 Å². The van der Waals surface area contributed by atoms with E-state index in [9.17, 15) is 13.2 Å². The fourth-order valence-corrected chi connectivity index (χ4v) is 5.60. The van der Waals surface area contributed by atoms with Gasteiger partial charge in [0.25, 0.3) is 5.91 Å². The Bertz CT molecular complexity index is 1410. The van der Waals surface area contributed by atoms with Crippen molar-refractivity contribution in [3.8, 4) is 0 Å². The zero-order valence-corrected chi connectivity index (χ0v) is 21.5. The Labute approximate surface area is 206 Å². The van der Waals surface area contributed by atoms with Gasteiger partial charge in [-0.3, -0.25) is 9.52 Å². The number of nitrogens with zero attached hydrogens (tertiary/aromatic N) is 5. The summed E-state index contributed by atoms with van der Waals surface area (Å²) in [4.78, 5) is 22.8. The minimum atomic E-state index is -3.53. The van der Waals surface area contributed by atoms with Crippen molar-refractivity contribution in [3.05, 3.63) is 52.3 Å². The second kappa shape index (κ2) is 8.82. The lowest BCUT2D eigenvalue weighted by molar-refractivity contribution is 0.0606. The van der Waals surface area contributed by atoms with Gasteiger partial charge < -0.3 is 9.80 Å². The fourth-order valence-electron chi connectivity index (χ4n) is 5.02. The van der Waals surface area contributed by atoms with E-state index in [-0.39, 0.29) is 11.9 Å². The van der Waals surface area contributed by atoms with Crippen LogP contribution in [0, 0.1) is 20.8 Å². The van der Waals surface area contributed by atoms with Gasteiger partial charge in [-0.25, -0.2) is 13.4 Å². The predicted molar refractivity (Wildman–Crippen MR) is 137 cm³/mol. The summed E-state index contributed by atoms with van der Waals surface area (Å²) in [5.41, 5.74) is 5.27. The highest BCUT2D eigenvalue weighted by Crippen LogP contribution is 2.35. The summed E-state index contributed by atoms with van der Waals surface area (Å²) in [5.74, 6) is 0.891. The van der Waals surface area contributed by atoms with Crippen molar-refractivity contribution in [2.24, 2.45) is 0 Å². The number of likely N-dealkylation sites (tertiary alicyclic amines) is 1. The Morgan fingerprint density at radius 3 is 2.51 bits per heavy atom. The van der Waals surface area contributed by atoms with Crippen LogP contribution in [0.2, 0.25) is 0 Å². The zero-order chi connectivity index (χ0) is 24.9. The van der Waals surface area contributed by atoms with Crippen molar-refractivity contribution in [2.45, 2.75) is 52.5 Å². The highest BCUT2D eigenvalue weighted by atomic mass is 32.2. The van der Waals surface area contributed by atoms with Gasteiger partial charge in [0, 0.05) is 37.0 Å². The van der Waals surface area contributed by atoms with E-state index < -0.39 is 10.0 Å². The van der Waals surface area contributed by atoms with E-state index in [1.807, 2.05) is 29.3 Å². The standard InChI is InChI=1S/C25H32N6O3S/c1-16-9-10-20(28-35(4,33)34)19(14-16)25(32)30-13-6-5-8-22(30)21-15-23-26-18(3)17(2)24(31(23)27-21)29-11-7-12-29/h9-10,14-15,22,28H,5-8,11-13H2,1-4H3. The molecule has 1 amide bonds. The highest BCUT2D eigenvalue weighted by molar-refractivity contribution is 7.92. The first kappa shape index (κ1) is 23.6. The van der Waals surface area contributed by atoms with Crippen molar-refractivity contribution in [1.82, 2.24) is 19.5 Å². The Morgan fingerprint density at radius 2 is 1.83 bits per heavy atom. The van der Waals surface area contributed by atoms with E-state index in [1.54, 1.807) is 18.2 Å². The number of aromatic nitrogens is 3. The molecular weight excluding hydrogens is 464 g/mol. The number of nitrogens with one attached hydrogen (secondary N) is 1. The minimum Gasteiger partial charge on any atom is -0.356 e. The molecule has 0 radical (unpaired) electrons. The number of aryl methyl sites for hydroxylation is 2. The molecule has 0 bridgehead atoms. The number of benzene rings is 1. The van der Waals surface area contributed by atoms with Crippen molar-refractivity contribution < 1.29 is 13.2 Å². The van der Waals surface area contributed by atoms with Crippen LogP contribution in [0.25, 0.3) is 5.65 Å². The molecule has 1 atom stereocenters. The molecule has 9 nitrogen and oxygen atoms in total. The SMILES string of the molecule is Cc1ccc(NS(C)(=O)=O)c(C(=O)N2CCCCC2c2cc3nc(C)c(C)c(N4CCC4)n3n2)c1. The van der Waals surface area contributed by atoms with Crippen molar-refractivity contribution in [2.75, 3.05) is 35.5 Å². The number of hydrogen-bond donors (Lipinski definition) is 1. The van der Waals surface area contributed by atoms with Gasteiger partial charge in [-0.05, 0) is 58.6 Å². The Morgan fingerprint density at radius 1 is 1.06 bits per heavy atom. The third kappa shape index (κ3) is 4.47. The summed E-state index contributed by atoms with van der Waals surface area (Å²) in [5, 5.41) is 4.97. The van der Waals surface area contributed by atoms with Gasteiger partial charge in [0.2, 0.25) is 10.0 Å². The Hall–Kier alpha value is -3.14. The largest absolute Gasteiger partial charge is 0.356 e. The number of hydrogen-bond acceptors (Lipinski definition) is 6. The van der Waals surface area contributed by atoms with Crippen LogP contribution in [0.3, 0.4) is 0 Å². The summed E-state index contributed by atoms with van der Waals surface area (Å²) in [6.45, 7) is 8.60. The Balaban J connectivity index is 1.55. The lowest BCUT2D eigenvalue weighted by atomic mass is 9.97. The van der Waals surface area contributed by atoms with E-state index in [2.05, 4.69) is 16.5 Å². The molecule has 1 aromatic carbocycles. The van der Waals surface area contributed by atoms with Gasteiger partial charge in [0.05, 0.1) is 29.2 Å². The Kier molecular flexibility index (Phi) is 5.94. The van der Waals surface area contributed by atoms with Gasteiger partial charge >= 0.3 is 0 Å². The van der Waals surface area contributed by atoms with Crippen LogP contribution < -0.4 is 9.62 Å². The molecule has 2 aromatic heterocycles. The molecule has 3 aromatic rings. The molecule has 2 aliphatic rings. The number of carbonyl (C=O) groups excluding carboxylic acids is 1. The topological polar surface area (TPSA) is 99.9 Å². The van der Waals surface area contributed by atoms with E-state index >= 15 is 0 Å². The molecule has 186 valence electrons. The van der Waals surface area contributed by atoms with Gasteiger partial charge in [-0.2, -0.15) is 9.61 Å². The second-order valence-electron chi connectivity index (χ2n) is 9.76. The number of carbonyl (C=O) groups is 1. The van der Waals surface area contributed by atoms with E-state index in [0.717, 1.165) is 72.6 Å². The first-order valence-corrected chi connectivity index (χ1v) is 14.0. The molecule has 1 N–H and O–H groups in total. The molecule has 0 aliphatic carbocycles. The summed E-state index contributed by atoms with van der Waals surface area (Å²) >= 11 is 0. The highest BCUT2D eigenvalue weighted by Gasteiger charge is 2.33. The average Bonchev–Trinajstić information content (AvgIpc) is 3.18. The van der Waals surface area contributed by atoms with Crippen LogP contribution >= 0.6 is 0 Å². The van der Waals surface area contributed by atoms with E-state index in [0.29, 0.717) is 17.8 Å². The molecule has 1 unspecified atom stereocenters. The maximum Gasteiger partial charge on any atom is 0.256 e. The third-order valence-electron chi connectivity index (χ3n) is 7.03. The number of piperidine rings is 1. The molecule has 0 saturated carbocycles. The maximum atomic E-state index is 13.8. The normalized spacial score (nSPS) is 18.6. The maximum absolute atomic E-state index is 13.8. The zero-order valence-electron chi connectivity index (χ0n) is 20.7. The van der Waals surface area contributed by atoms with Gasteiger partial charge in [-0.1, -0.05) is 11.6 Å². The summed E-state index contributed by atoms with van der Waals surface area (Å²) in [6, 6.07) is 7.00. The fraction of sp³-hybridized carbons (Fsp3) is 0.480. The molecule has 35 heavy (non-hydrogen) atoms. The summed E-state index contributed by atoms with van der Waals surface area (Å²) in [6.07, 6.45) is 4.95. The second-order valence-corrected chi connectivity index (χ2v) is 11.5. The molecular formula is C25H32N6O3S. The van der Waals surface area contributed by atoms with Crippen LogP contribution in [0.5, 0.6) is 0 Å². The molecule has 4 heterocycles. The lowest BCUT2D eigenvalue weighted by Crippen LogP contribution is -2.40. The van der Waals surface area contributed by atoms with Crippen LogP contribution in [0.4, 0.5) is 11.5 Å². The van der Waals surface area contributed by atoms with E-state index in [4.69, 9.17) is 10.1 Å². The van der Waals surface area contributed by atoms with Crippen LogP contribution in [0.15, 0.2) is 24.3 Å². The van der Waals surface area contributed by atoms with E-state index in [1.165, 1.54) is 6.42 Å². The van der Waals surface area contributed by atoms with Gasteiger partial charge in [0.1, 0.15) is 5.82 Å². The predicted octanol–water partition coefficient (Wildman–Crippen LogP) is 3.60. The minimum absolute atomic E-state index is 0.190. The first-order valence-electron chi connectivity index (χ1n) is 12.1. The van der Waals surface area contributed by atoms with Crippen LogP contribution in [-0.4, -0.2) is 59.7 Å². The monoisotopic (exact) mass is 496 g/mol. The number of amides is 1. The lowest BCUT2D eigenvalue weighted by Gasteiger charge is -2.35. The van der Waals surface area contributed by atoms with Crippen LogP contribution in [-0.2, 0) is 10.0 Å². The molecule has 5 rings (SSSR count). The van der Waals surface area contributed by atoms with Gasteiger partial charge in [0.15, 0.2) is 5.65 Å². The van der Waals surface area contributed by atoms with Crippen LogP contribution in [0.1, 0.15) is 64.6 Å². The first-order chi connectivity index (χ1) is 16.6. The van der Waals surface area contributed by atoms with Crippen molar-refractivity contribution in [3.63, 3.8) is 0 Å². The van der Waals surface area contributed by atoms with Crippen molar-refractivity contribution in [1.29, 1.82) is 0 Å². The molecule has 2 aliphatic heterocycles. The third-order valence-corrected chi connectivity index (χ3v) is 7.62. The quantitative estimate of drug-likeness (QED) is 0.579. The smallest absolute Gasteiger partial charge is 0.256 e. The molecule has 0 spiro atoms. The summed E-state index contributed by atoms with van der Waals surface area (Å²) < 4.78 is 28.3.